The largest absolute Gasteiger partial charge is 0.305 e. The van der Waals surface area contributed by atoms with Gasteiger partial charge in [-0.3, -0.25) is 0 Å². The fraction of sp³-hybridized carbons (Fsp3) is 1.00. The zero-order valence-corrected chi connectivity index (χ0v) is 11.8. The first-order chi connectivity index (χ1) is 6.93. The average molecular weight is 214 g/mol. The highest BCUT2D eigenvalue weighted by molar-refractivity contribution is 4.89. The Morgan fingerprint density at radius 2 is 1.73 bits per heavy atom. The van der Waals surface area contributed by atoms with E-state index in [4.69, 9.17) is 0 Å². The second-order valence-electron chi connectivity index (χ2n) is 5.31. The van der Waals surface area contributed by atoms with E-state index in [1.165, 1.54) is 26.1 Å². The number of hydrogen-bond acceptors (Lipinski definition) is 2. The van der Waals surface area contributed by atoms with Crippen LogP contribution in [0.5, 0.6) is 0 Å². The standard InChI is InChI=1S/C11H24N2.C2H6/c1-10(2)13(5)7-6-11(3)8-12(4)9-11;1-2/h10H,6-9H2,1-5H3;1-2H3. The van der Waals surface area contributed by atoms with Gasteiger partial charge in [0.2, 0.25) is 0 Å². The van der Waals surface area contributed by atoms with Crippen LogP contribution in [0.2, 0.25) is 0 Å². The van der Waals surface area contributed by atoms with E-state index in [2.05, 4.69) is 44.7 Å². The molecule has 0 aromatic heterocycles. The minimum absolute atomic E-state index is 0.595. The number of nitrogens with zero attached hydrogens (tertiary/aromatic N) is 2. The van der Waals surface area contributed by atoms with Crippen LogP contribution in [0.4, 0.5) is 0 Å². The van der Waals surface area contributed by atoms with Crippen molar-refractivity contribution in [3.05, 3.63) is 0 Å². The van der Waals surface area contributed by atoms with E-state index in [0.717, 1.165) is 0 Å². The second kappa shape index (κ2) is 6.49. The maximum atomic E-state index is 2.43. The summed E-state index contributed by atoms with van der Waals surface area (Å²) in [4.78, 5) is 4.83. The Balaban J connectivity index is 0.000000921. The summed E-state index contributed by atoms with van der Waals surface area (Å²) in [7, 11) is 4.42. The molecule has 2 heteroatoms. The minimum atomic E-state index is 0.595. The van der Waals surface area contributed by atoms with E-state index in [-0.39, 0.29) is 0 Å². The summed E-state index contributed by atoms with van der Waals surface area (Å²) in [6.45, 7) is 14.7. The van der Waals surface area contributed by atoms with Crippen molar-refractivity contribution < 1.29 is 0 Å². The third-order valence-electron chi connectivity index (χ3n) is 3.25. The van der Waals surface area contributed by atoms with Gasteiger partial charge < -0.3 is 9.80 Å². The normalized spacial score (nSPS) is 19.8. The lowest BCUT2D eigenvalue weighted by atomic mass is 9.79. The SMILES string of the molecule is CC.CC(C)N(C)CCC1(C)CN(C)C1. The molecule has 1 aliphatic rings. The predicted octanol–water partition coefficient (Wildman–Crippen LogP) is 2.69. The molecule has 1 aliphatic heterocycles. The van der Waals surface area contributed by atoms with Crippen LogP contribution >= 0.6 is 0 Å². The molecular weight excluding hydrogens is 184 g/mol. The van der Waals surface area contributed by atoms with Crippen molar-refractivity contribution in [2.24, 2.45) is 5.41 Å². The summed E-state index contributed by atoms with van der Waals surface area (Å²) in [6, 6.07) is 0.682. The molecule has 0 unspecified atom stereocenters. The zero-order chi connectivity index (χ0) is 12.1. The van der Waals surface area contributed by atoms with Gasteiger partial charge in [-0.1, -0.05) is 20.8 Å². The maximum absolute atomic E-state index is 2.43. The quantitative estimate of drug-likeness (QED) is 0.710. The fourth-order valence-corrected chi connectivity index (χ4v) is 2.12. The Labute approximate surface area is 96.6 Å². The van der Waals surface area contributed by atoms with Gasteiger partial charge in [0.25, 0.3) is 0 Å². The molecule has 92 valence electrons. The molecular formula is C13H30N2. The van der Waals surface area contributed by atoms with E-state index in [1.54, 1.807) is 0 Å². The summed E-state index contributed by atoms with van der Waals surface area (Å²) < 4.78 is 0. The first-order valence-corrected chi connectivity index (χ1v) is 6.32. The first kappa shape index (κ1) is 14.9. The Kier molecular flexibility index (Phi) is 6.46. The highest BCUT2D eigenvalue weighted by atomic mass is 15.2. The van der Waals surface area contributed by atoms with Crippen molar-refractivity contribution in [2.45, 2.75) is 47.1 Å². The molecule has 0 N–H and O–H groups in total. The zero-order valence-electron chi connectivity index (χ0n) is 11.8. The molecule has 0 amide bonds. The van der Waals surface area contributed by atoms with Crippen molar-refractivity contribution in [1.82, 2.24) is 9.80 Å². The molecule has 2 nitrogen and oxygen atoms in total. The Bertz CT molecular complexity index is 160. The van der Waals surface area contributed by atoms with Gasteiger partial charge in [0.15, 0.2) is 0 Å². The molecule has 0 aliphatic carbocycles. The van der Waals surface area contributed by atoms with Gasteiger partial charge in [-0.15, -0.1) is 0 Å². The van der Waals surface area contributed by atoms with Crippen molar-refractivity contribution in [2.75, 3.05) is 33.7 Å². The summed E-state index contributed by atoms with van der Waals surface area (Å²) in [5, 5.41) is 0. The summed E-state index contributed by atoms with van der Waals surface area (Å²) in [6.07, 6.45) is 1.34. The molecule has 0 aromatic rings. The van der Waals surface area contributed by atoms with E-state index in [9.17, 15) is 0 Å². The maximum Gasteiger partial charge on any atom is 0.00452 e. The molecule has 0 aromatic carbocycles. The monoisotopic (exact) mass is 214 g/mol. The average Bonchev–Trinajstić information content (AvgIpc) is 2.15. The summed E-state index contributed by atoms with van der Waals surface area (Å²) in [5.74, 6) is 0. The van der Waals surface area contributed by atoms with E-state index in [1.807, 2.05) is 13.8 Å². The lowest BCUT2D eigenvalue weighted by molar-refractivity contribution is 0.0224. The van der Waals surface area contributed by atoms with Crippen LogP contribution in [0, 0.1) is 5.41 Å². The molecule has 1 rings (SSSR count). The van der Waals surface area contributed by atoms with Crippen molar-refractivity contribution in [1.29, 1.82) is 0 Å². The molecule has 1 fully saturated rings. The van der Waals surface area contributed by atoms with Gasteiger partial charge in [-0.2, -0.15) is 0 Å². The molecule has 0 bridgehead atoms. The number of likely N-dealkylation sites (tertiary alicyclic amines) is 1. The highest BCUT2D eigenvalue weighted by Crippen LogP contribution is 2.31. The smallest absolute Gasteiger partial charge is 0.00452 e. The first-order valence-electron chi connectivity index (χ1n) is 6.32. The van der Waals surface area contributed by atoms with Crippen LogP contribution in [0.15, 0.2) is 0 Å². The van der Waals surface area contributed by atoms with E-state index in [0.29, 0.717) is 11.5 Å². The highest BCUT2D eigenvalue weighted by Gasteiger charge is 2.35. The summed E-state index contributed by atoms with van der Waals surface area (Å²) in [5.41, 5.74) is 0.595. The Hall–Kier alpha value is -0.0800. The predicted molar refractivity (Wildman–Crippen MR) is 69.3 cm³/mol. The topological polar surface area (TPSA) is 6.48 Å². The summed E-state index contributed by atoms with van der Waals surface area (Å²) >= 11 is 0. The number of hydrogen-bond donors (Lipinski definition) is 0. The van der Waals surface area contributed by atoms with Crippen LogP contribution in [0.25, 0.3) is 0 Å². The van der Waals surface area contributed by atoms with Crippen molar-refractivity contribution in [3.8, 4) is 0 Å². The van der Waals surface area contributed by atoms with Gasteiger partial charge in [0.05, 0.1) is 0 Å². The minimum Gasteiger partial charge on any atom is -0.305 e. The molecule has 1 saturated heterocycles. The van der Waals surface area contributed by atoms with Crippen molar-refractivity contribution >= 4 is 0 Å². The molecule has 0 saturated carbocycles. The van der Waals surface area contributed by atoms with Gasteiger partial charge in [0.1, 0.15) is 0 Å². The fourth-order valence-electron chi connectivity index (χ4n) is 2.12. The van der Waals surface area contributed by atoms with E-state index >= 15 is 0 Å². The van der Waals surface area contributed by atoms with Gasteiger partial charge in [-0.25, -0.2) is 0 Å². The Morgan fingerprint density at radius 1 is 1.27 bits per heavy atom. The van der Waals surface area contributed by atoms with Crippen LogP contribution in [-0.4, -0.2) is 49.6 Å². The number of rotatable bonds is 4. The van der Waals surface area contributed by atoms with Crippen molar-refractivity contribution in [3.63, 3.8) is 0 Å². The van der Waals surface area contributed by atoms with Crippen LogP contribution in [0.3, 0.4) is 0 Å². The third kappa shape index (κ3) is 4.98. The van der Waals surface area contributed by atoms with Crippen LogP contribution in [-0.2, 0) is 0 Å². The van der Waals surface area contributed by atoms with Crippen LogP contribution < -0.4 is 0 Å². The van der Waals surface area contributed by atoms with Gasteiger partial charge in [-0.05, 0) is 46.3 Å². The van der Waals surface area contributed by atoms with E-state index < -0.39 is 0 Å². The Morgan fingerprint density at radius 3 is 2.07 bits per heavy atom. The molecule has 15 heavy (non-hydrogen) atoms. The second-order valence-corrected chi connectivity index (χ2v) is 5.31. The molecule has 0 radical (unpaired) electrons. The van der Waals surface area contributed by atoms with Gasteiger partial charge in [0, 0.05) is 19.1 Å². The molecule has 0 atom stereocenters. The molecule has 1 heterocycles. The van der Waals surface area contributed by atoms with Crippen LogP contribution in [0.1, 0.15) is 41.0 Å². The van der Waals surface area contributed by atoms with Gasteiger partial charge >= 0.3 is 0 Å². The third-order valence-corrected chi connectivity index (χ3v) is 3.25. The lowest BCUT2D eigenvalue weighted by Gasteiger charge is -2.47. The lowest BCUT2D eigenvalue weighted by Crippen LogP contribution is -2.53. The molecule has 0 spiro atoms.